The molecule has 2 heterocycles. The third-order valence-corrected chi connectivity index (χ3v) is 12.5. The number of esters is 1. The van der Waals surface area contributed by atoms with Crippen molar-refractivity contribution in [1.82, 2.24) is 15.6 Å². The Hall–Kier alpha value is -2.06. The summed E-state index contributed by atoms with van der Waals surface area (Å²) in [7, 11) is 0.764. The van der Waals surface area contributed by atoms with Crippen molar-refractivity contribution >= 4 is 42.6 Å². The molecule has 2 rings (SSSR count). The molecule has 0 saturated carbocycles. The van der Waals surface area contributed by atoms with E-state index in [2.05, 4.69) is 54.4 Å². The van der Waals surface area contributed by atoms with E-state index in [0.29, 0.717) is 25.7 Å². The van der Waals surface area contributed by atoms with Crippen LogP contribution in [0.2, 0.25) is 18.1 Å². The van der Waals surface area contributed by atoms with Gasteiger partial charge in [0.1, 0.15) is 18.3 Å². The zero-order valence-electron chi connectivity index (χ0n) is 23.8. The number of carbonyl (C=O) groups is 3. The number of hydrogen-bond donors (Lipinski definition) is 2. The Balaban J connectivity index is 1.84. The van der Waals surface area contributed by atoms with Gasteiger partial charge in [-0.3, -0.25) is 9.59 Å². The van der Waals surface area contributed by atoms with E-state index < -0.39 is 26.2 Å². The van der Waals surface area contributed by atoms with Crippen molar-refractivity contribution in [3.05, 3.63) is 11.1 Å². The standard InChI is InChI=1S/C25H44N4O7SSi/c1-25(2,3)38(6,7)36-15-19(23(32)34-5)27-22(31)20-17-37-24(28-20)29-10-8-18(9-11-29)14-26-21(30)16-35-13-12-33-4/h17-19H,8-16H2,1-7H3,(H,26,30)(H,27,31)/t19-/m0/s1. The number of carbonyl (C=O) groups excluding carboxylic acids is 3. The SMILES string of the molecule is COCCOCC(=O)NCC1CCN(c2nc(C(=O)N[C@@H](CO[Si](C)(C)C(C)(C)C)C(=O)OC)cs2)CC1. The molecular weight excluding hydrogens is 528 g/mol. The number of piperidine rings is 1. The monoisotopic (exact) mass is 572 g/mol. The summed E-state index contributed by atoms with van der Waals surface area (Å²) >= 11 is 1.40. The lowest BCUT2D eigenvalue weighted by atomic mass is 9.97. The van der Waals surface area contributed by atoms with Gasteiger partial charge in [-0.2, -0.15) is 0 Å². The van der Waals surface area contributed by atoms with Gasteiger partial charge >= 0.3 is 5.97 Å². The summed E-state index contributed by atoms with van der Waals surface area (Å²) in [6, 6.07) is -0.914. The molecule has 1 aliphatic heterocycles. The maximum Gasteiger partial charge on any atom is 0.330 e. The van der Waals surface area contributed by atoms with Crippen molar-refractivity contribution in [3.63, 3.8) is 0 Å². The van der Waals surface area contributed by atoms with E-state index in [1.807, 2.05) is 0 Å². The molecule has 13 heteroatoms. The normalized spacial score (nSPS) is 15.7. The van der Waals surface area contributed by atoms with Crippen molar-refractivity contribution in [3.8, 4) is 0 Å². The van der Waals surface area contributed by atoms with E-state index in [1.54, 1.807) is 12.5 Å². The van der Waals surface area contributed by atoms with Gasteiger partial charge in [0.05, 0.1) is 26.9 Å². The van der Waals surface area contributed by atoms with Crippen LogP contribution >= 0.6 is 11.3 Å². The summed E-state index contributed by atoms with van der Waals surface area (Å²) in [6.07, 6.45) is 1.81. The van der Waals surface area contributed by atoms with E-state index >= 15 is 0 Å². The molecule has 2 amide bonds. The van der Waals surface area contributed by atoms with Crippen molar-refractivity contribution in [2.45, 2.75) is 57.8 Å². The molecular formula is C25H44N4O7SSi. The first-order valence-electron chi connectivity index (χ1n) is 12.9. The summed E-state index contributed by atoms with van der Waals surface area (Å²) in [5.41, 5.74) is 0.258. The number of nitrogens with one attached hydrogen (secondary N) is 2. The smallest absolute Gasteiger partial charge is 0.330 e. The number of anilines is 1. The topological polar surface area (TPSA) is 128 Å². The van der Waals surface area contributed by atoms with E-state index in [-0.39, 0.29) is 29.9 Å². The summed E-state index contributed by atoms with van der Waals surface area (Å²) in [5.74, 6) is -0.743. The average Bonchev–Trinajstić information content (AvgIpc) is 3.37. The molecule has 0 aromatic carbocycles. The number of thiazole rings is 1. The van der Waals surface area contributed by atoms with Crippen LogP contribution in [0.4, 0.5) is 5.13 Å². The lowest BCUT2D eigenvalue weighted by molar-refractivity contribution is -0.143. The van der Waals surface area contributed by atoms with Crippen molar-refractivity contribution in [2.75, 3.05) is 65.2 Å². The van der Waals surface area contributed by atoms with Gasteiger partial charge < -0.3 is 34.2 Å². The van der Waals surface area contributed by atoms with Gasteiger partial charge in [-0.1, -0.05) is 20.8 Å². The molecule has 0 unspecified atom stereocenters. The molecule has 38 heavy (non-hydrogen) atoms. The fourth-order valence-electron chi connectivity index (χ4n) is 3.51. The van der Waals surface area contributed by atoms with E-state index in [0.717, 1.165) is 31.1 Å². The molecule has 0 spiro atoms. The minimum absolute atomic E-state index is 0.0287. The second-order valence-electron chi connectivity index (χ2n) is 10.9. The highest BCUT2D eigenvalue weighted by Gasteiger charge is 2.38. The predicted octanol–water partition coefficient (Wildman–Crippen LogP) is 2.43. The second-order valence-corrected chi connectivity index (χ2v) is 16.6. The molecule has 216 valence electrons. The van der Waals surface area contributed by atoms with Crippen molar-refractivity contribution in [2.24, 2.45) is 5.92 Å². The van der Waals surface area contributed by atoms with E-state index in [9.17, 15) is 14.4 Å². The highest BCUT2D eigenvalue weighted by molar-refractivity contribution is 7.13. The van der Waals surface area contributed by atoms with Crippen LogP contribution in [0.3, 0.4) is 0 Å². The van der Waals surface area contributed by atoms with Gasteiger partial charge in [-0.25, -0.2) is 9.78 Å². The Bertz CT molecular complexity index is 914. The highest BCUT2D eigenvalue weighted by atomic mass is 32.1. The Morgan fingerprint density at radius 3 is 2.47 bits per heavy atom. The minimum atomic E-state index is -2.12. The van der Waals surface area contributed by atoms with Gasteiger partial charge in [-0.15, -0.1) is 11.3 Å². The zero-order chi connectivity index (χ0) is 28.3. The quantitative estimate of drug-likeness (QED) is 0.196. The van der Waals surface area contributed by atoms with Crippen LogP contribution in [0.1, 0.15) is 44.1 Å². The summed E-state index contributed by atoms with van der Waals surface area (Å²) in [5, 5.41) is 8.09. The Kier molecular flexibility index (Phi) is 12.6. The van der Waals surface area contributed by atoms with Crippen LogP contribution in [0.25, 0.3) is 0 Å². The van der Waals surface area contributed by atoms with Gasteiger partial charge in [0, 0.05) is 32.1 Å². The van der Waals surface area contributed by atoms with Crippen molar-refractivity contribution in [1.29, 1.82) is 0 Å². The molecule has 1 aromatic heterocycles. The number of nitrogens with zero attached hydrogens (tertiary/aromatic N) is 2. The van der Waals surface area contributed by atoms with Gasteiger partial charge in [0.25, 0.3) is 5.91 Å². The number of aromatic nitrogens is 1. The maximum absolute atomic E-state index is 12.9. The minimum Gasteiger partial charge on any atom is -0.467 e. The van der Waals surface area contributed by atoms with Crippen LogP contribution < -0.4 is 15.5 Å². The Labute approximate surface area is 231 Å². The fourth-order valence-corrected chi connectivity index (χ4v) is 5.39. The number of methoxy groups -OCH3 is 2. The number of rotatable bonds is 14. The maximum atomic E-state index is 12.9. The third kappa shape index (κ3) is 9.91. The lowest BCUT2D eigenvalue weighted by Crippen LogP contribution is -2.49. The number of hydrogen-bond acceptors (Lipinski definition) is 10. The van der Waals surface area contributed by atoms with Gasteiger partial charge in [0.15, 0.2) is 13.4 Å². The van der Waals surface area contributed by atoms with E-state index in [1.165, 1.54) is 18.4 Å². The van der Waals surface area contributed by atoms with Crippen LogP contribution in [-0.4, -0.2) is 97.4 Å². The molecule has 0 aliphatic carbocycles. The Morgan fingerprint density at radius 2 is 1.87 bits per heavy atom. The lowest BCUT2D eigenvalue weighted by Gasteiger charge is -2.37. The molecule has 0 radical (unpaired) electrons. The summed E-state index contributed by atoms with van der Waals surface area (Å²) in [4.78, 5) is 43.8. The van der Waals surface area contributed by atoms with Crippen LogP contribution in [0, 0.1) is 5.92 Å². The largest absolute Gasteiger partial charge is 0.467 e. The van der Waals surface area contributed by atoms with Gasteiger partial charge in [0.2, 0.25) is 5.91 Å². The second kappa shape index (κ2) is 14.9. The molecule has 1 fully saturated rings. The van der Waals surface area contributed by atoms with Gasteiger partial charge in [-0.05, 0) is 36.9 Å². The fraction of sp³-hybridized carbons (Fsp3) is 0.760. The van der Waals surface area contributed by atoms with E-state index in [4.69, 9.17) is 18.6 Å². The highest BCUT2D eigenvalue weighted by Crippen LogP contribution is 2.36. The average molecular weight is 573 g/mol. The first-order chi connectivity index (χ1) is 17.9. The summed E-state index contributed by atoms with van der Waals surface area (Å²) < 4.78 is 21.2. The molecule has 1 atom stereocenters. The zero-order valence-corrected chi connectivity index (χ0v) is 25.6. The van der Waals surface area contributed by atoms with Crippen LogP contribution in [0.15, 0.2) is 5.38 Å². The van der Waals surface area contributed by atoms with Crippen molar-refractivity contribution < 1.29 is 33.0 Å². The molecule has 11 nitrogen and oxygen atoms in total. The summed E-state index contributed by atoms with van der Waals surface area (Å²) in [6.45, 7) is 13.6. The van der Waals surface area contributed by atoms with Crippen LogP contribution in [-0.2, 0) is 28.2 Å². The molecule has 0 bridgehead atoms. The number of ether oxygens (including phenoxy) is 3. The Morgan fingerprint density at radius 1 is 1.18 bits per heavy atom. The third-order valence-electron chi connectivity index (χ3n) is 7.07. The molecule has 2 N–H and O–H groups in total. The van der Waals surface area contributed by atoms with Crippen LogP contribution in [0.5, 0.6) is 0 Å². The predicted molar refractivity (Wildman–Crippen MR) is 149 cm³/mol. The molecule has 1 aliphatic rings. The molecule has 1 saturated heterocycles. The first-order valence-corrected chi connectivity index (χ1v) is 16.7. The molecule has 1 aromatic rings. The first kappa shape index (κ1) is 32.2. The number of amides is 2.